The third-order valence-corrected chi connectivity index (χ3v) is 2.61. The molecule has 0 unspecified atom stereocenters. The fourth-order valence-electron chi connectivity index (χ4n) is 1.49. The Labute approximate surface area is 99.3 Å². The molecular weight excluding hydrogens is 222 g/mol. The average Bonchev–Trinajstić information content (AvgIpc) is 2.25. The van der Waals surface area contributed by atoms with Gasteiger partial charge in [-0.2, -0.15) is 0 Å². The Bertz CT molecular complexity index is 494. The van der Waals surface area contributed by atoms with E-state index in [2.05, 4.69) is 0 Å². The Kier molecular flexibility index (Phi) is 2.97. The molecule has 0 fully saturated rings. The molecule has 0 saturated heterocycles. The summed E-state index contributed by atoms with van der Waals surface area (Å²) in [6.07, 6.45) is 1.87. The van der Waals surface area contributed by atoms with Gasteiger partial charge in [0.05, 0.1) is 12.3 Å². The van der Waals surface area contributed by atoms with E-state index in [-0.39, 0.29) is 0 Å². The van der Waals surface area contributed by atoms with Gasteiger partial charge in [-0.05, 0) is 17.7 Å². The van der Waals surface area contributed by atoms with Crippen LogP contribution < -0.4 is 16.0 Å². The Morgan fingerprint density at radius 3 is 2.38 bits per heavy atom. The number of rotatable bonds is 2. The van der Waals surface area contributed by atoms with E-state index < -0.39 is 0 Å². The Morgan fingerprint density at radius 2 is 1.75 bits per heavy atom. The molecule has 4 heteroatoms. The van der Waals surface area contributed by atoms with Crippen LogP contribution in [0.1, 0.15) is 5.56 Å². The molecule has 0 bridgehead atoms. The summed E-state index contributed by atoms with van der Waals surface area (Å²) in [6.45, 7) is 0.712. The van der Waals surface area contributed by atoms with Crippen molar-refractivity contribution < 1.29 is 4.57 Å². The van der Waals surface area contributed by atoms with E-state index in [4.69, 9.17) is 23.1 Å². The second-order valence-corrected chi connectivity index (χ2v) is 4.08. The molecule has 2 aromatic rings. The minimum Gasteiger partial charge on any atom is -0.398 e. The van der Waals surface area contributed by atoms with Gasteiger partial charge in [-0.3, -0.25) is 5.73 Å². The Balaban J connectivity index is 2.23. The summed E-state index contributed by atoms with van der Waals surface area (Å²) >= 11 is 5.82. The molecule has 82 valence electrons. The highest BCUT2D eigenvalue weighted by Gasteiger charge is 2.05. The molecule has 1 aromatic carbocycles. The van der Waals surface area contributed by atoms with Gasteiger partial charge in [0.15, 0.2) is 0 Å². The highest BCUT2D eigenvalue weighted by atomic mass is 35.5. The molecular formula is C12H13ClN3+. The maximum absolute atomic E-state index is 5.86. The van der Waals surface area contributed by atoms with Gasteiger partial charge < -0.3 is 5.73 Å². The second kappa shape index (κ2) is 4.41. The summed E-state index contributed by atoms with van der Waals surface area (Å²) in [5.74, 6) is 0.648. The summed E-state index contributed by atoms with van der Waals surface area (Å²) in [7, 11) is 0. The predicted molar refractivity (Wildman–Crippen MR) is 66.0 cm³/mol. The highest BCUT2D eigenvalue weighted by Crippen LogP contribution is 2.10. The number of hydrogen-bond acceptors (Lipinski definition) is 2. The van der Waals surface area contributed by atoms with Crippen LogP contribution >= 0.6 is 11.6 Å². The molecule has 4 N–H and O–H groups in total. The van der Waals surface area contributed by atoms with Gasteiger partial charge in [0, 0.05) is 16.8 Å². The summed E-state index contributed by atoms with van der Waals surface area (Å²) in [5.41, 5.74) is 13.3. The highest BCUT2D eigenvalue weighted by molar-refractivity contribution is 6.30. The van der Waals surface area contributed by atoms with E-state index in [9.17, 15) is 0 Å². The van der Waals surface area contributed by atoms with Gasteiger partial charge in [-0.15, -0.1) is 0 Å². The van der Waals surface area contributed by atoms with Crippen LogP contribution in [0.15, 0.2) is 42.6 Å². The van der Waals surface area contributed by atoms with Crippen molar-refractivity contribution >= 4 is 23.1 Å². The average molecular weight is 235 g/mol. The van der Waals surface area contributed by atoms with Gasteiger partial charge in [0.1, 0.15) is 6.54 Å². The fraction of sp³-hybridized carbons (Fsp3) is 0.0833. The summed E-state index contributed by atoms with van der Waals surface area (Å²) in [5, 5.41) is 0.735. The lowest BCUT2D eigenvalue weighted by atomic mass is 10.2. The van der Waals surface area contributed by atoms with Crippen LogP contribution in [0.3, 0.4) is 0 Å². The molecule has 0 radical (unpaired) electrons. The zero-order chi connectivity index (χ0) is 11.5. The van der Waals surface area contributed by atoms with E-state index in [1.165, 1.54) is 0 Å². The topological polar surface area (TPSA) is 55.9 Å². The molecule has 0 saturated carbocycles. The van der Waals surface area contributed by atoms with Gasteiger partial charge in [-0.1, -0.05) is 23.7 Å². The minimum atomic E-state index is 0.648. The van der Waals surface area contributed by atoms with Crippen molar-refractivity contribution in [1.29, 1.82) is 0 Å². The molecule has 16 heavy (non-hydrogen) atoms. The molecule has 0 amide bonds. The molecule has 0 spiro atoms. The predicted octanol–water partition coefficient (Wildman–Crippen LogP) is 1.84. The van der Waals surface area contributed by atoms with E-state index in [0.717, 1.165) is 10.6 Å². The molecule has 0 aliphatic rings. The number of nitrogens with zero attached hydrogens (tertiary/aromatic N) is 1. The number of pyridine rings is 1. The molecule has 3 nitrogen and oxygen atoms in total. The lowest BCUT2D eigenvalue weighted by Gasteiger charge is -2.04. The van der Waals surface area contributed by atoms with Gasteiger partial charge >= 0.3 is 0 Å². The first kappa shape index (κ1) is 10.8. The maximum Gasteiger partial charge on any atom is 0.274 e. The number of nitrogens with two attached hydrogens (primary N) is 2. The number of aromatic nitrogens is 1. The lowest BCUT2D eigenvalue weighted by Crippen LogP contribution is -2.37. The number of hydrogen-bond donors (Lipinski definition) is 2. The molecule has 1 aromatic heterocycles. The van der Waals surface area contributed by atoms with Crippen LogP contribution in [0, 0.1) is 0 Å². The SMILES string of the molecule is Nc1cc[n+](Cc2ccc(Cl)cc2)c(N)c1. The Hall–Kier alpha value is -1.74. The third-order valence-electron chi connectivity index (χ3n) is 2.36. The standard InChI is InChI=1S/C12H12ClN3/c13-10-3-1-9(2-4-10)8-16-6-5-11(14)7-12(16)15/h1-7H,8H2,(H3,14,15)/p+1. The first-order chi connectivity index (χ1) is 7.65. The van der Waals surface area contributed by atoms with Gasteiger partial charge in [0.25, 0.3) is 5.82 Å². The molecule has 1 heterocycles. The first-order valence-corrected chi connectivity index (χ1v) is 5.32. The number of nitrogen functional groups attached to an aromatic ring is 2. The fourth-order valence-corrected chi connectivity index (χ4v) is 1.62. The van der Waals surface area contributed by atoms with Crippen molar-refractivity contribution in [3.05, 3.63) is 53.2 Å². The van der Waals surface area contributed by atoms with Crippen molar-refractivity contribution in [3.63, 3.8) is 0 Å². The van der Waals surface area contributed by atoms with Crippen molar-refractivity contribution in [2.45, 2.75) is 6.54 Å². The van der Waals surface area contributed by atoms with Crippen molar-refractivity contribution in [2.75, 3.05) is 11.5 Å². The summed E-state index contributed by atoms with van der Waals surface area (Å²) in [6, 6.07) is 11.3. The van der Waals surface area contributed by atoms with Crippen LogP contribution in [0.25, 0.3) is 0 Å². The lowest BCUT2D eigenvalue weighted by molar-refractivity contribution is -0.673. The number of anilines is 2. The van der Waals surface area contributed by atoms with Crippen LogP contribution in [-0.2, 0) is 6.54 Å². The van der Waals surface area contributed by atoms with Crippen LogP contribution in [-0.4, -0.2) is 0 Å². The van der Waals surface area contributed by atoms with E-state index in [0.29, 0.717) is 18.1 Å². The van der Waals surface area contributed by atoms with Crippen LogP contribution in [0.5, 0.6) is 0 Å². The van der Waals surface area contributed by atoms with Gasteiger partial charge in [-0.25, -0.2) is 4.57 Å². The van der Waals surface area contributed by atoms with Crippen molar-refractivity contribution in [1.82, 2.24) is 0 Å². The maximum atomic E-state index is 5.86. The van der Waals surface area contributed by atoms with Crippen LogP contribution in [0.4, 0.5) is 11.5 Å². The molecule has 0 aliphatic heterocycles. The first-order valence-electron chi connectivity index (χ1n) is 4.94. The third kappa shape index (κ3) is 2.44. The zero-order valence-electron chi connectivity index (χ0n) is 8.73. The summed E-state index contributed by atoms with van der Waals surface area (Å²) < 4.78 is 1.93. The van der Waals surface area contributed by atoms with Gasteiger partial charge in [0.2, 0.25) is 0 Å². The monoisotopic (exact) mass is 234 g/mol. The Morgan fingerprint density at radius 1 is 1.06 bits per heavy atom. The largest absolute Gasteiger partial charge is 0.398 e. The molecule has 0 atom stereocenters. The van der Waals surface area contributed by atoms with Crippen molar-refractivity contribution in [2.24, 2.45) is 0 Å². The zero-order valence-corrected chi connectivity index (χ0v) is 9.48. The van der Waals surface area contributed by atoms with E-state index in [1.807, 2.05) is 41.1 Å². The number of halogens is 1. The number of benzene rings is 1. The van der Waals surface area contributed by atoms with Crippen LogP contribution in [0.2, 0.25) is 5.02 Å². The van der Waals surface area contributed by atoms with E-state index >= 15 is 0 Å². The normalized spacial score (nSPS) is 10.3. The molecule has 2 rings (SSSR count). The smallest absolute Gasteiger partial charge is 0.274 e. The minimum absolute atomic E-state index is 0.648. The molecule has 0 aliphatic carbocycles. The second-order valence-electron chi connectivity index (χ2n) is 3.64. The summed E-state index contributed by atoms with van der Waals surface area (Å²) in [4.78, 5) is 0. The van der Waals surface area contributed by atoms with E-state index in [1.54, 1.807) is 6.07 Å². The quantitative estimate of drug-likeness (QED) is 0.780. The van der Waals surface area contributed by atoms with Crippen molar-refractivity contribution in [3.8, 4) is 0 Å².